The van der Waals surface area contributed by atoms with Gasteiger partial charge in [0.2, 0.25) is 0 Å². The molecule has 144 valence electrons. The molecular weight excluding hydrogens is 344 g/mol. The van der Waals surface area contributed by atoms with E-state index in [4.69, 9.17) is 5.73 Å². The van der Waals surface area contributed by atoms with Crippen molar-refractivity contribution in [2.24, 2.45) is 5.73 Å². The third-order valence-corrected chi connectivity index (χ3v) is 5.24. The van der Waals surface area contributed by atoms with Gasteiger partial charge in [0.25, 0.3) is 0 Å². The van der Waals surface area contributed by atoms with Crippen LogP contribution >= 0.6 is 0 Å². The number of aryl methyl sites for hydroxylation is 1. The molecule has 0 amide bonds. The van der Waals surface area contributed by atoms with Crippen LogP contribution in [0.15, 0.2) is 67.4 Å². The third-order valence-electron chi connectivity index (χ3n) is 5.24. The fourth-order valence-corrected chi connectivity index (χ4v) is 3.84. The van der Waals surface area contributed by atoms with Gasteiger partial charge >= 0.3 is 0 Å². The van der Waals surface area contributed by atoms with E-state index in [0.29, 0.717) is 18.5 Å². The Labute approximate surface area is 167 Å². The van der Waals surface area contributed by atoms with Crippen LogP contribution in [0.2, 0.25) is 0 Å². The molecule has 1 aromatic heterocycles. The lowest BCUT2D eigenvalue weighted by molar-refractivity contribution is -0.116. The fraction of sp³-hybridized carbons (Fsp3) is 0.240. The number of hydrogen-bond acceptors (Lipinski definition) is 2. The normalized spacial score (nSPS) is 10.9. The largest absolute Gasteiger partial charge is 0.399 e. The number of nitrogens with zero attached hydrogens (tertiary/aromatic N) is 1. The lowest BCUT2D eigenvalue weighted by Crippen LogP contribution is -2.06. The average Bonchev–Trinajstić information content (AvgIpc) is 3.00. The van der Waals surface area contributed by atoms with Gasteiger partial charge in [0.05, 0.1) is 0 Å². The second-order valence-corrected chi connectivity index (χ2v) is 7.26. The molecule has 0 bridgehead atoms. The van der Waals surface area contributed by atoms with Crippen LogP contribution in [-0.2, 0) is 24.2 Å². The van der Waals surface area contributed by atoms with Crippen molar-refractivity contribution in [3.63, 3.8) is 0 Å². The number of benzene rings is 2. The molecule has 0 saturated heterocycles. The summed E-state index contributed by atoms with van der Waals surface area (Å²) in [7, 11) is 0. The van der Waals surface area contributed by atoms with Gasteiger partial charge in [-0.3, -0.25) is 0 Å². The van der Waals surface area contributed by atoms with Crippen molar-refractivity contribution >= 4 is 22.3 Å². The zero-order chi connectivity index (χ0) is 20.3. The van der Waals surface area contributed by atoms with Gasteiger partial charge in [0.15, 0.2) is 0 Å². The van der Waals surface area contributed by atoms with Gasteiger partial charge < -0.3 is 15.1 Å². The Morgan fingerprint density at radius 2 is 1.79 bits per heavy atom. The van der Waals surface area contributed by atoms with Gasteiger partial charge in [-0.15, -0.1) is 0 Å². The molecule has 28 heavy (non-hydrogen) atoms. The summed E-state index contributed by atoms with van der Waals surface area (Å²) in [4.78, 5) is 11.6. The number of carbonyl (C=O) groups excluding carboxylic acids is 1. The summed E-state index contributed by atoms with van der Waals surface area (Å²) >= 11 is 0. The van der Waals surface area contributed by atoms with Gasteiger partial charge in [0.1, 0.15) is 5.78 Å². The van der Waals surface area contributed by atoms with Crippen LogP contribution in [0.4, 0.5) is 0 Å². The number of carbonyl (C=O) groups is 1. The second-order valence-electron chi connectivity index (χ2n) is 7.26. The van der Waals surface area contributed by atoms with Crippen molar-refractivity contribution < 1.29 is 4.79 Å². The first-order valence-electron chi connectivity index (χ1n) is 9.74. The number of hydrogen-bond donors (Lipinski definition) is 1. The molecule has 0 saturated carbocycles. The van der Waals surface area contributed by atoms with E-state index in [1.807, 2.05) is 6.07 Å². The van der Waals surface area contributed by atoms with E-state index in [-0.39, 0.29) is 5.78 Å². The summed E-state index contributed by atoms with van der Waals surface area (Å²) < 4.78 is 2.35. The minimum Gasteiger partial charge on any atom is -0.399 e. The summed E-state index contributed by atoms with van der Waals surface area (Å²) in [5.41, 5.74) is 13.1. The predicted molar refractivity (Wildman–Crippen MR) is 118 cm³/mol. The first kappa shape index (κ1) is 19.7. The number of aromatic nitrogens is 1. The molecule has 0 fully saturated rings. The number of nitrogens with two attached hydrogens (primary N) is 1. The quantitative estimate of drug-likeness (QED) is 0.548. The SMILES string of the molecule is C=C(N)C(=C)c1c(CC)n(Cc2ccccc2)c2cccc(CCC(C)=O)c12. The molecule has 3 aromatic rings. The molecule has 0 radical (unpaired) electrons. The highest BCUT2D eigenvalue weighted by atomic mass is 16.1. The van der Waals surface area contributed by atoms with Crippen molar-refractivity contribution in [1.29, 1.82) is 0 Å². The molecule has 0 aliphatic rings. The monoisotopic (exact) mass is 372 g/mol. The summed E-state index contributed by atoms with van der Waals surface area (Å²) in [6.07, 6.45) is 2.09. The Bertz CT molecular complexity index is 1040. The Kier molecular flexibility index (Phi) is 5.84. The van der Waals surface area contributed by atoms with E-state index in [0.717, 1.165) is 40.6 Å². The van der Waals surface area contributed by atoms with E-state index < -0.39 is 0 Å². The molecule has 0 spiro atoms. The molecule has 2 aromatic carbocycles. The van der Waals surface area contributed by atoms with Gasteiger partial charge in [-0.2, -0.15) is 0 Å². The van der Waals surface area contributed by atoms with Crippen LogP contribution < -0.4 is 5.73 Å². The molecule has 3 heteroatoms. The number of rotatable bonds is 8. The lowest BCUT2D eigenvalue weighted by Gasteiger charge is -2.12. The molecule has 2 N–H and O–H groups in total. The van der Waals surface area contributed by atoms with E-state index in [2.05, 4.69) is 67.1 Å². The van der Waals surface area contributed by atoms with Gasteiger partial charge in [-0.05, 0) is 42.5 Å². The van der Waals surface area contributed by atoms with Crippen LogP contribution in [-0.4, -0.2) is 10.4 Å². The molecule has 0 aliphatic carbocycles. The van der Waals surface area contributed by atoms with Crippen molar-refractivity contribution in [3.8, 4) is 0 Å². The van der Waals surface area contributed by atoms with Crippen molar-refractivity contribution in [2.75, 3.05) is 0 Å². The standard InChI is InChI=1S/C25H28N2O/c1-5-22-24(18(3)19(4)26)25-21(15-14-17(2)28)12-9-13-23(25)27(22)16-20-10-7-6-8-11-20/h6-13H,3-5,14-16,26H2,1-2H3. The average molecular weight is 373 g/mol. The van der Waals surface area contributed by atoms with Crippen molar-refractivity contribution in [3.05, 3.63) is 89.8 Å². The van der Waals surface area contributed by atoms with Gasteiger partial charge in [-0.1, -0.05) is 62.5 Å². The number of allylic oxidation sites excluding steroid dienone is 1. The Morgan fingerprint density at radius 3 is 2.39 bits per heavy atom. The fourth-order valence-electron chi connectivity index (χ4n) is 3.84. The maximum absolute atomic E-state index is 11.6. The summed E-state index contributed by atoms with van der Waals surface area (Å²) in [6.45, 7) is 12.7. The summed E-state index contributed by atoms with van der Waals surface area (Å²) in [5, 5.41) is 1.15. The maximum atomic E-state index is 11.6. The molecule has 0 aliphatic heterocycles. The molecule has 0 unspecified atom stereocenters. The summed E-state index contributed by atoms with van der Waals surface area (Å²) in [5.74, 6) is 0.194. The number of fused-ring (bicyclic) bond motifs is 1. The summed E-state index contributed by atoms with van der Waals surface area (Å²) in [6, 6.07) is 16.8. The molecule has 1 heterocycles. The number of ketones is 1. The van der Waals surface area contributed by atoms with E-state index in [1.54, 1.807) is 6.92 Å². The zero-order valence-electron chi connectivity index (χ0n) is 16.8. The van der Waals surface area contributed by atoms with Crippen molar-refractivity contribution in [2.45, 2.75) is 39.7 Å². The van der Waals surface area contributed by atoms with Crippen LogP contribution in [0, 0.1) is 0 Å². The Balaban J connectivity index is 2.27. The maximum Gasteiger partial charge on any atom is 0.130 e. The molecule has 3 nitrogen and oxygen atoms in total. The van der Waals surface area contributed by atoms with Crippen molar-refractivity contribution in [1.82, 2.24) is 4.57 Å². The second kappa shape index (κ2) is 8.30. The van der Waals surface area contributed by atoms with Gasteiger partial charge in [-0.25, -0.2) is 0 Å². The Morgan fingerprint density at radius 1 is 1.07 bits per heavy atom. The first-order chi connectivity index (χ1) is 13.4. The van der Waals surface area contributed by atoms with E-state index in [1.165, 1.54) is 11.3 Å². The first-order valence-corrected chi connectivity index (χ1v) is 9.74. The Hall–Kier alpha value is -3.07. The highest BCUT2D eigenvalue weighted by Crippen LogP contribution is 2.36. The minimum absolute atomic E-state index is 0.194. The van der Waals surface area contributed by atoms with Crippen LogP contribution in [0.3, 0.4) is 0 Å². The van der Waals surface area contributed by atoms with Crippen LogP contribution in [0.25, 0.3) is 16.5 Å². The smallest absolute Gasteiger partial charge is 0.130 e. The molecular formula is C25H28N2O. The highest BCUT2D eigenvalue weighted by molar-refractivity contribution is 6.00. The molecule has 3 rings (SSSR count). The van der Waals surface area contributed by atoms with Gasteiger partial charge in [0, 0.05) is 40.8 Å². The van der Waals surface area contributed by atoms with Crippen LogP contribution in [0.1, 0.15) is 42.7 Å². The van der Waals surface area contributed by atoms with E-state index in [9.17, 15) is 4.79 Å². The minimum atomic E-state index is 0.194. The number of Topliss-reactive ketones (excluding diaryl/α,β-unsaturated/α-hetero) is 1. The van der Waals surface area contributed by atoms with Crippen LogP contribution in [0.5, 0.6) is 0 Å². The third kappa shape index (κ3) is 3.79. The zero-order valence-corrected chi connectivity index (χ0v) is 16.8. The predicted octanol–water partition coefficient (Wildman–Crippen LogP) is 5.26. The topological polar surface area (TPSA) is 48.0 Å². The lowest BCUT2D eigenvalue weighted by atomic mass is 9.95. The molecule has 0 atom stereocenters. The van der Waals surface area contributed by atoms with E-state index >= 15 is 0 Å². The highest BCUT2D eigenvalue weighted by Gasteiger charge is 2.21.